The van der Waals surface area contributed by atoms with Crippen LogP contribution in [0.2, 0.25) is 0 Å². The molecule has 2 aromatic rings. The highest BCUT2D eigenvalue weighted by molar-refractivity contribution is 7.17. The van der Waals surface area contributed by atoms with Gasteiger partial charge < -0.3 is 15.2 Å². The van der Waals surface area contributed by atoms with Crippen molar-refractivity contribution in [3.05, 3.63) is 52.9 Å². The number of carbonyl (C=O) groups excluding carboxylic acids is 2. The van der Waals surface area contributed by atoms with Crippen LogP contribution in [-0.4, -0.2) is 30.1 Å². The Hall–Kier alpha value is -2.93. The van der Waals surface area contributed by atoms with Gasteiger partial charge in [0.05, 0.1) is 18.9 Å². The van der Waals surface area contributed by atoms with Gasteiger partial charge in [0.1, 0.15) is 10.6 Å². The average molecular weight is 426 g/mol. The standard InChI is InChI=1S/C23H23NO5S/c1-12-16(13-6-4-3-5-7-13)19(23(28)29-2)21(30-12)24-20(25)17-14-8-10-15(11-9-14)18(17)22(26)27/h3-8,10,14-15,17-18H,9,11H2,1-2H3,(H,24,25)(H,26,27)/t14-,15-,17+,18+/m0/s1. The Kier molecular flexibility index (Phi) is 5.47. The van der Waals surface area contributed by atoms with Crippen molar-refractivity contribution in [3.8, 4) is 11.1 Å². The second-order valence-corrected chi connectivity index (χ2v) is 8.99. The van der Waals surface area contributed by atoms with E-state index in [-0.39, 0.29) is 17.7 Å². The molecular weight excluding hydrogens is 402 g/mol. The molecule has 5 rings (SSSR count). The molecule has 4 atom stereocenters. The molecule has 156 valence electrons. The number of amides is 1. The van der Waals surface area contributed by atoms with Crippen molar-refractivity contribution >= 4 is 34.2 Å². The van der Waals surface area contributed by atoms with Gasteiger partial charge in [0.2, 0.25) is 5.91 Å². The molecule has 7 heteroatoms. The van der Waals surface area contributed by atoms with Crippen LogP contribution in [0.1, 0.15) is 28.1 Å². The first kappa shape index (κ1) is 20.3. The van der Waals surface area contributed by atoms with Crippen LogP contribution in [0.5, 0.6) is 0 Å². The maximum Gasteiger partial charge on any atom is 0.341 e. The third-order valence-corrected chi connectivity index (χ3v) is 7.13. The minimum atomic E-state index is -0.949. The summed E-state index contributed by atoms with van der Waals surface area (Å²) in [5, 5.41) is 13.0. The van der Waals surface area contributed by atoms with E-state index in [1.165, 1.54) is 18.4 Å². The molecule has 0 aliphatic heterocycles. The lowest BCUT2D eigenvalue weighted by Gasteiger charge is -2.41. The minimum Gasteiger partial charge on any atom is -0.481 e. The number of hydrogen-bond acceptors (Lipinski definition) is 5. The molecule has 3 aliphatic rings. The summed E-state index contributed by atoms with van der Waals surface area (Å²) in [6, 6.07) is 9.46. The van der Waals surface area contributed by atoms with Crippen LogP contribution in [0, 0.1) is 30.6 Å². The van der Waals surface area contributed by atoms with E-state index in [0.29, 0.717) is 10.6 Å². The van der Waals surface area contributed by atoms with Crippen LogP contribution in [0.4, 0.5) is 5.00 Å². The first-order valence-corrected chi connectivity index (χ1v) is 10.7. The van der Waals surface area contributed by atoms with Crippen molar-refractivity contribution in [1.82, 2.24) is 0 Å². The molecule has 30 heavy (non-hydrogen) atoms. The predicted octanol–water partition coefficient (Wildman–Crippen LogP) is 4.36. The lowest BCUT2D eigenvalue weighted by Crippen LogP contribution is -2.47. The number of carboxylic acid groups (broad SMARTS) is 1. The third kappa shape index (κ3) is 3.43. The Balaban J connectivity index is 1.71. The molecule has 0 spiro atoms. The van der Waals surface area contributed by atoms with Crippen LogP contribution in [0.25, 0.3) is 11.1 Å². The van der Waals surface area contributed by atoms with Crippen molar-refractivity contribution in [3.63, 3.8) is 0 Å². The van der Waals surface area contributed by atoms with Gasteiger partial charge in [-0.2, -0.15) is 0 Å². The molecule has 1 heterocycles. The number of rotatable bonds is 5. The Morgan fingerprint density at radius 3 is 2.27 bits per heavy atom. The summed E-state index contributed by atoms with van der Waals surface area (Å²) < 4.78 is 5.00. The summed E-state index contributed by atoms with van der Waals surface area (Å²) in [6.07, 6.45) is 5.48. The lowest BCUT2D eigenvalue weighted by molar-refractivity contribution is -0.151. The van der Waals surface area contributed by atoms with Gasteiger partial charge in [-0.3, -0.25) is 9.59 Å². The number of aryl methyl sites for hydroxylation is 1. The van der Waals surface area contributed by atoms with Crippen molar-refractivity contribution in [2.24, 2.45) is 23.7 Å². The molecule has 3 aliphatic carbocycles. The van der Waals surface area contributed by atoms with Crippen LogP contribution < -0.4 is 5.32 Å². The van der Waals surface area contributed by atoms with Crippen molar-refractivity contribution < 1.29 is 24.2 Å². The van der Waals surface area contributed by atoms with Gasteiger partial charge >= 0.3 is 11.9 Å². The van der Waals surface area contributed by atoms with Gasteiger partial charge in [-0.15, -0.1) is 11.3 Å². The van der Waals surface area contributed by atoms with Gasteiger partial charge in [-0.05, 0) is 37.2 Å². The number of esters is 1. The summed E-state index contributed by atoms with van der Waals surface area (Å²) in [5.74, 6) is -3.47. The fourth-order valence-electron chi connectivity index (χ4n) is 4.77. The van der Waals surface area contributed by atoms with Crippen molar-refractivity contribution in [2.45, 2.75) is 19.8 Å². The highest BCUT2D eigenvalue weighted by Gasteiger charge is 2.48. The van der Waals surface area contributed by atoms with Crippen LogP contribution in [0.15, 0.2) is 42.5 Å². The number of hydrogen-bond donors (Lipinski definition) is 2. The molecule has 0 saturated heterocycles. The van der Waals surface area contributed by atoms with Crippen LogP contribution >= 0.6 is 11.3 Å². The Bertz CT molecular complexity index is 1030. The molecular formula is C23H23NO5S. The van der Waals surface area contributed by atoms with E-state index in [0.717, 1.165) is 28.8 Å². The van der Waals surface area contributed by atoms with E-state index in [4.69, 9.17) is 4.74 Å². The number of fused-ring (bicyclic) bond motifs is 2. The first-order chi connectivity index (χ1) is 14.4. The first-order valence-electron chi connectivity index (χ1n) is 9.91. The lowest BCUT2D eigenvalue weighted by atomic mass is 9.62. The number of nitrogens with one attached hydrogen (secondary N) is 1. The molecule has 2 N–H and O–H groups in total. The van der Waals surface area contributed by atoms with Crippen molar-refractivity contribution in [2.75, 3.05) is 12.4 Å². The Morgan fingerprint density at radius 1 is 1.07 bits per heavy atom. The fraction of sp³-hybridized carbons (Fsp3) is 0.348. The number of ether oxygens (including phenoxy) is 1. The summed E-state index contributed by atoms with van der Waals surface area (Å²) in [6.45, 7) is 1.89. The number of anilines is 1. The number of benzene rings is 1. The molecule has 1 aromatic heterocycles. The SMILES string of the molecule is COC(=O)c1c(NC(=O)[C@H]2[C@H](C(=O)O)[C@H]3C=C[C@H]2CC3)sc(C)c1-c1ccccc1. The minimum absolute atomic E-state index is 0.104. The maximum absolute atomic E-state index is 13.2. The molecule has 1 saturated carbocycles. The van der Waals surface area contributed by atoms with E-state index in [1.807, 2.05) is 49.4 Å². The van der Waals surface area contributed by atoms with E-state index < -0.39 is 23.8 Å². The van der Waals surface area contributed by atoms with E-state index in [9.17, 15) is 19.5 Å². The van der Waals surface area contributed by atoms with E-state index in [2.05, 4.69) is 5.32 Å². The number of carbonyl (C=O) groups is 3. The van der Waals surface area contributed by atoms with Gasteiger partial charge in [0, 0.05) is 10.4 Å². The largest absolute Gasteiger partial charge is 0.481 e. The van der Waals surface area contributed by atoms with E-state index in [1.54, 1.807) is 0 Å². The molecule has 0 radical (unpaired) electrons. The van der Waals surface area contributed by atoms with Crippen molar-refractivity contribution in [1.29, 1.82) is 0 Å². The van der Waals surface area contributed by atoms with Gasteiger partial charge in [-0.1, -0.05) is 42.5 Å². The molecule has 1 amide bonds. The second kappa shape index (κ2) is 8.07. The summed E-state index contributed by atoms with van der Waals surface area (Å²) in [4.78, 5) is 38.6. The van der Waals surface area contributed by atoms with Crippen LogP contribution in [0.3, 0.4) is 0 Å². The zero-order valence-electron chi connectivity index (χ0n) is 16.8. The normalized spacial score (nSPS) is 24.5. The highest BCUT2D eigenvalue weighted by Crippen LogP contribution is 2.46. The highest BCUT2D eigenvalue weighted by atomic mass is 32.1. The molecule has 2 bridgehead atoms. The number of aliphatic carboxylic acids is 1. The zero-order chi connectivity index (χ0) is 21.4. The van der Waals surface area contributed by atoms with E-state index >= 15 is 0 Å². The predicted molar refractivity (Wildman–Crippen MR) is 114 cm³/mol. The third-order valence-electron chi connectivity index (χ3n) is 6.11. The molecule has 0 unspecified atom stereocenters. The smallest absolute Gasteiger partial charge is 0.341 e. The summed E-state index contributed by atoms with van der Waals surface area (Å²) in [7, 11) is 1.31. The van der Waals surface area contributed by atoms with Gasteiger partial charge in [-0.25, -0.2) is 4.79 Å². The second-order valence-electron chi connectivity index (χ2n) is 7.76. The molecule has 1 aromatic carbocycles. The zero-order valence-corrected chi connectivity index (χ0v) is 17.6. The average Bonchev–Trinajstić information content (AvgIpc) is 3.09. The Morgan fingerprint density at radius 2 is 1.70 bits per heavy atom. The number of carboxylic acids is 1. The number of methoxy groups -OCH3 is 1. The maximum atomic E-state index is 13.2. The summed E-state index contributed by atoms with van der Waals surface area (Å²) >= 11 is 1.30. The van der Waals surface area contributed by atoms with Gasteiger partial charge in [0.15, 0.2) is 0 Å². The number of allylic oxidation sites excluding steroid dienone is 2. The Labute approximate surface area is 178 Å². The number of thiophene rings is 1. The van der Waals surface area contributed by atoms with Crippen LogP contribution in [-0.2, 0) is 14.3 Å². The monoisotopic (exact) mass is 425 g/mol. The molecule has 6 nitrogen and oxygen atoms in total. The topological polar surface area (TPSA) is 92.7 Å². The fourth-order valence-corrected chi connectivity index (χ4v) is 5.83. The quantitative estimate of drug-likeness (QED) is 0.548. The van der Waals surface area contributed by atoms with Gasteiger partial charge in [0.25, 0.3) is 0 Å². The molecule has 1 fully saturated rings. The summed E-state index contributed by atoms with van der Waals surface area (Å²) in [5.41, 5.74) is 1.89.